The molecule has 0 bridgehead atoms. The molecular formula is C38H32N2O9S2. The van der Waals surface area contributed by atoms with Crippen molar-refractivity contribution >= 4 is 46.9 Å². The quantitative estimate of drug-likeness (QED) is 0.110. The second-order valence-corrected chi connectivity index (χ2v) is 14.6. The van der Waals surface area contributed by atoms with Gasteiger partial charge in [0.1, 0.15) is 41.0 Å². The average Bonchev–Trinajstić information content (AvgIpc) is 3.75. The number of esters is 1. The molecule has 13 heteroatoms. The number of amides is 2. The Morgan fingerprint density at radius 2 is 1.71 bits per heavy atom. The van der Waals surface area contributed by atoms with Crippen LogP contribution in [0.3, 0.4) is 0 Å². The number of ether oxygens (including phenoxy) is 4. The van der Waals surface area contributed by atoms with E-state index in [1.54, 1.807) is 41.8 Å². The maximum absolute atomic E-state index is 13.2. The summed E-state index contributed by atoms with van der Waals surface area (Å²) in [5, 5.41) is 16.0. The molecule has 0 radical (unpaired) electrons. The minimum absolute atomic E-state index is 0.121. The summed E-state index contributed by atoms with van der Waals surface area (Å²) in [5.74, 6) is -0.528. The predicted octanol–water partition coefficient (Wildman–Crippen LogP) is 5.85. The topological polar surface area (TPSA) is 141 Å². The zero-order chi connectivity index (χ0) is 35.3. The van der Waals surface area contributed by atoms with Crippen LogP contribution in [0, 0.1) is 0 Å². The van der Waals surface area contributed by atoms with Gasteiger partial charge in [-0.1, -0.05) is 37.6 Å². The molecule has 0 aliphatic carbocycles. The van der Waals surface area contributed by atoms with Gasteiger partial charge in [-0.3, -0.25) is 9.59 Å². The number of carbonyl (C=O) groups excluding carboxylic acids is 3. The van der Waals surface area contributed by atoms with Gasteiger partial charge in [0, 0.05) is 39.3 Å². The molecule has 11 nitrogen and oxygen atoms in total. The molecule has 4 atom stereocenters. The maximum Gasteiger partial charge on any atom is 0.340 e. The molecule has 260 valence electrons. The first-order valence-electron chi connectivity index (χ1n) is 16.5. The normalized spacial score (nSPS) is 22.3. The zero-order valence-electron chi connectivity index (χ0n) is 27.3. The van der Waals surface area contributed by atoms with E-state index < -0.39 is 40.9 Å². The van der Waals surface area contributed by atoms with Crippen LogP contribution in [0.15, 0.2) is 89.2 Å². The Morgan fingerprint density at radius 1 is 0.961 bits per heavy atom. The Hall–Kier alpha value is -5.27. The summed E-state index contributed by atoms with van der Waals surface area (Å²) >= 11 is 2.72. The number of β-lactam (4-membered cyclic amide) rings is 1. The van der Waals surface area contributed by atoms with E-state index in [-0.39, 0.29) is 18.9 Å². The van der Waals surface area contributed by atoms with E-state index >= 15 is 0 Å². The number of nitrogens with zero attached hydrogens (tertiary/aromatic N) is 1. The third-order valence-corrected chi connectivity index (χ3v) is 11.5. The smallest absolute Gasteiger partial charge is 0.340 e. The van der Waals surface area contributed by atoms with Gasteiger partial charge in [0.05, 0.1) is 18.6 Å². The first kappa shape index (κ1) is 32.9. The van der Waals surface area contributed by atoms with Crippen LogP contribution in [0.1, 0.15) is 51.7 Å². The molecule has 2 N–H and O–H groups in total. The van der Waals surface area contributed by atoms with Crippen LogP contribution in [-0.2, 0) is 31.1 Å². The number of hydrogen-bond acceptors (Lipinski definition) is 10. The molecule has 1 saturated heterocycles. The second kappa shape index (κ2) is 13.1. The first-order chi connectivity index (χ1) is 24.8. The van der Waals surface area contributed by atoms with Crippen molar-refractivity contribution in [3.05, 3.63) is 116 Å². The Bertz CT molecular complexity index is 2100. The van der Waals surface area contributed by atoms with Crippen molar-refractivity contribution in [1.29, 1.82) is 0 Å². The molecule has 0 saturated carbocycles. The zero-order valence-corrected chi connectivity index (χ0v) is 29.0. The lowest BCUT2D eigenvalue weighted by Crippen LogP contribution is -2.74. The minimum atomic E-state index is -1.27. The third-order valence-electron chi connectivity index (χ3n) is 9.36. The molecule has 4 unspecified atom stereocenters. The lowest BCUT2D eigenvalue weighted by atomic mass is 9.77. The van der Waals surface area contributed by atoms with Gasteiger partial charge >= 0.3 is 11.9 Å². The van der Waals surface area contributed by atoms with Crippen molar-refractivity contribution in [3.8, 4) is 23.0 Å². The summed E-state index contributed by atoms with van der Waals surface area (Å²) in [5.41, 5.74) is 1.54. The monoisotopic (exact) mass is 724 g/mol. The number of unbranched alkanes of at least 4 members (excludes halogenated alkanes) is 1. The summed E-state index contributed by atoms with van der Waals surface area (Å²) in [4.78, 5) is 53.6. The van der Waals surface area contributed by atoms with E-state index in [1.165, 1.54) is 28.0 Å². The second-order valence-electron chi connectivity index (χ2n) is 12.5. The van der Waals surface area contributed by atoms with Gasteiger partial charge in [0.15, 0.2) is 11.6 Å². The Balaban J connectivity index is 1.04. The molecule has 2 amide bonds. The number of benzene rings is 3. The first-order valence-corrected chi connectivity index (χ1v) is 18.4. The van der Waals surface area contributed by atoms with Crippen LogP contribution >= 0.6 is 23.1 Å². The average molecular weight is 725 g/mol. The van der Waals surface area contributed by atoms with E-state index in [0.717, 1.165) is 17.7 Å². The Kier molecular flexibility index (Phi) is 8.47. The number of carboxylic acid groups (broad SMARTS) is 1. The van der Waals surface area contributed by atoms with Crippen molar-refractivity contribution in [2.24, 2.45) is 0 Å². The lowest BCUT2D eigenvalue weighted by molar-refractivity contribution is -0.160. The number of hydrogen-bond donors (Lipinski definition) is 2. The van der Waals surface area contributed by atoms with Crippen molar-refractivity contribution in [1.82, 2.24) is 10.2 Å². The maximum atomic E-state index is 13.2. The molecule has 8 rings (SSSR count). The number of nitrogens with one attached hydrogen (secondary N) is 1. The highest BCUT2D eigenvalue weighted by molar-refractivity contribution is 8.03. The van der Waals surface area contributed by atoms with Crippen LogP contribution in [0.2, 0.25) is 0 Å². The summed E-state index contributed by atoms with van der Waals surface area (Å²) in [6.45, 7) is 2.51. The number of fused-ring (bicyclic) bond motifs is 7. The van der Waals surface area contributed by atoms with Crippen LogP contribution in [0.25, 0.3) is 0 Å². The fraction of sp³-hybridized carbons (Fsp3) is 0.263. The van der Waals surface area contributed by atoms with Gasteiger partial charge in [-0.05, 0) is 53.6 Å². The number of aliphatic carboxylic acids is 1. The predicted molar refractivity (Wildman–Crippen MR) is 188 cm³/mol. The van der Waals surface area contributed by atoms with E-state index in [1.807, 2.05) is 41.8 Å². The summed E-state index contributed by atoms with van der Waals surface area (Å²) in [7, 11) is 0. The summed E-state index contributed by atoms with van der Waals surface area (Å²) in [6, 6.07) is 19.6. The SMILES string of the molecule is CCCCOc1ccc2c(c1)Oc1cc(OCC3=CSC4C(NC(=O)Cc5cccs5)C(=O)N4C3C(=O)O)ccc1C21OC(=O)c2ccccc21. The van der Waals surface area contributed by atoms with Crippen LogP contribution in [0.5, 0.6) is 23.0 Å². The Labute approximate surface area is 301 Å². The molecule has 4 aromatic rings. The highest BCUT2D eigenvalue weighted by Gasteiger charge is 2.56. The molecule has 5 heterocycles. The molecular weight excluding hydrogens is 693 g/mol. The number of thioether (sulfide) groups is 1. The van der Waals surface area contributed by atoms with Crippen molar-refractivity contribution in [3.63, 3.8) is 0 Å². The molecule has 4 aliphatic heterocycles. The standard InChI is InChI=1S/C38H32N2O9S2/c1-2-3-14-46-22-10-12-27-29(16-22)48-30-17-23(11-13-28(30)38(27)26-9-5-4-8-25(26)37(45)49-38)47-19-21-20-51-35-32(34(42)40(35)33(21)36(43)44)39-31(41)18-24-7-6-15-50-24/h4-13,15-17,20,32-33,35H,2-3,14,18-19H2,1H3,(H,39,41)(H,43,44). The molecule has 1 fully saturated rings. The van der Waals surface area contributed by atoms with E-state index in [9.17, 15) is 24.3 Å². The largest absolute Gasteiger partial charge is 0.493 e. The number of carbonyl (C=O) groups is 4. The van der Waals surface area contributed by atoms with E-state index in [0.29, 0.717) is 57.4 Å². The van der Waals surface area contributed by atoms with Gasteiger partial charge < -0.3 is 34.3 Å². The van der Waals surface area contributed by atoms with Gasteiger partial charge in [-0.2, -0.15) is 0 Å². The highest BCUT2D eigenvalue weighted by atomic mass is 32.2. The molecule has 51 heavy (non-hydrogen) atoms. The fourth-order valence-corrected chi connectivity index (χ4v) is 8.85. The Morgan fingerprint density at radius 3 is 2.41 bits per heavy atom. The fourth-order valence-electron chi connectivity index (χ4n) is 6.94. The number of rotatable bonds is 11. The van der Waals surface area contributed by atoms with Gasteiger partial charge in [-0.15, -0.1) is 23.1 Å². The van der Waals surface area contributed by atoms with E-state index in [2.05, 4.69) is 12.2 Å². The van der Waals surface area contributed by atoms with Crippen LogP contribution in [0.4, 0.5) is 0 Å². The minimum Gasteiger partial charge on any atom is -0.493 e. The van der Waals surface area contributed by atoms with Gasteiger partial charge in [-0.25, -0.2) is 9.59 Å². The lowest BCUT2D eigenvalue weighted by Gasteiger charge is -2.51. The van der Waals surface area contributed by atoms with Crippen molar-refractivity contribution in [2.75, 3.05) is 13.2 Å². The summed E-state index contributed by atoms with van der Waals surface area (Å²) < 4.78 is 24.8. The molecule has 1 spiro atoms. The summed E-state index contributed by atoms with van der Waals surface area (Å²) in [6.07, 6.45) is 2.03. The number of carboxylic acids is 1. The highest BCUT2D eigenvalue weighted by Crippen LogP contribution is 2.57. The van der Waals surface area contributed by atoms with Crippen LogP contribution < -0.4 is 19.5 Å². The third kappa shape index (κ3) is 5.60. The number of thiophene rings is 1. The van der Waals surface area contributed by atoms with E-state index in [4.69, 9.17) is 18.9 Å². The molecule has 1 aromatic heterocycles. The molecule has 4 aliphatic rings. The van der Waals surface area contributed by atoms with Gasteiger partial charge in [0.25, 0.3) is 0 Å². The van der Waals surface area contributed by atoms with Crippen molar-refractivity contribution in [2.45, 2.75) is 49.2 Å². The van der Waals surface area contributed by atoms with Crippen molar-refractivity contribution < 1.29 is 43.2 Å². The van der Waals surface area contributed by atoms with Gasteiger partial charge in [0.2, 0.25) is 11.8 Å². The molecule has 3 aromatic carbocycles. The van der Waals surface area contributed by atoms with Crippen LogP contribution in [-0.4, -0.2) is 64.4 Å².